The maximum atomic E-state index is 10.2. The second-order valence-electron chi connectivity index (χ2n) is 5.46. The van der Waals surface area contributed by atoms with E-state index in [0.29, 0.717) is 0 Å². The highest BCUT2D eigenvalue weighted by Crippen LogP contribution is 2.40. The first-order valence-electron chi connectivity index (χ1n) is 5.96. The number of ether oxygens (including phenoxy) is 1. The van der Waals surface area contributed by atoms with Crippen LogP contribution in [0.4, 0.5) is 0 Å². The molecule has 1 rings (SSSR count). The zero-order valence-electron chi connectivity index (χ0n) is 10.8. The average molecular weight is 228 g/mol. The van der Waals surface area contributed by atoms with Crippen molar-refractivity contribution in [2.24, 2.45) is 17.3 Å². The molecule has 1 aliphatic heterocycles. The molecule has 2 N–H and O–H groups in total. The Balaban J connectivity index is 2.85. The fraction of sp³-hybridized carbons (Fsp3) is 0.846. The molecule has 0 aromatic carbocycles. The fourth-order valence-electron chi connectivity index (χ4n) is 2.47. The second-order valence-corrected chi connectivity index (χ2v) is 5.46. The first-order chi connectivity index (χ1) is 7.32. The van der Waals surface area contributed by atoms with Crippen LogP contribution in [-0.4, -0.2) is 28.7 Å². The van der Waals surface area contributed by atoms with Gasteiger partial charge in [-0.3, -0.25) is 0 Å². The van der Waals surface area contributed by atoms with Gasteiger partial charge in [-0.2, -0.15) is 0 Å². The van der Waals surface area contributed by atoms with Gasteiger partial charge in [0, 0.05) is 17.3 Å². The van der Waals surface area contributed by atoms with Crippen LogP contribution in [-0.2, 0) is 4.74 Å². The summed E-state index contributed by atoms with van der Waals surface area (Å²) in [7, 11) is 0. The Hall–Kier alpha value is -0.380. The summed E-state index contributed by atoms with van der Waals surface area (Å²) in [6, 6.07) is 0. The lowest BCUT2D eigenvalue weighted by Crippen LogP contribution is -2.56. The highest BCUT2D eigenvalue weighted by Gasteiger charge is 2.48. The Morgan fingerprint density at radius 3 is 2.38 bits per heavy atom. The minimum absolute atomic E-state index is 0.0181. The molecule has 0 spiro atoms. The van der Waals surface area contributed by atoms with Crippen molar-refractivity contribution in [1.82, 2.24) is 0 Å². The van der Waals surface area contributed by atoms with Crippen molar-refractivity contribution in [3.63, 3.8) is 0 Å². The summed E-state index contributed by atoms with van der Waals surface area (Å²) >= 11 is 0. The molecule has 3 nitrogen and oxygen atoms in total. The summed E-state index contributed by atoms with van der Waals surface area (Å²) in [6.45, 7) is 9.63. The summed E-state index contributed by atoms with van der Waals surface area (Å²) < 4.78 is 5.64. The van der Waals surface area contributed by atoms with Crippen LogP contribution in [0.5, 0.6) is 0 Å². The molecule has 1 saturated heterocycles. The lowest BCUT2D eigenvalue weighted by Gasteiger charge is -2.48. The third kappa shape index (κ3) is 2.31. The highest BCUT2D eigenvalue weighted by molar-refractivity contribution is 4.98. The molecule has 1 fully saturated rings. The van der Waals surface area contributed by atoms with Gasteiger partial charge in [0.25, 0.3) is 0 Å². The molecule has 0 aliphatic carbocycles. The lowest BCUT2D eigenvalue weighted by atomic mass is 9.73. The molecule has 0 aromatic heterocycles. The van der Waals surface area contributed by atoms with E-state index in [-0.39, 0.29) is 17.9 Å². The minimum Gasteiger partial charge on any atom is -0.392 e. The third-order valence-corrected chi connectivity index (χ3v) is 3.72. The smallest absolute Gasteiger partial charge is 0.162 e. The third-order valence-electron chi connectivity index (χ3n) is 3.72. The maximum Gasteiger partial charge on any atom is 0.162 e. The monoisotopic (exact) mass is 228 g/mol. The molecular formula is C13H24O3. The van der Waals surface area contributed by atoms with Crippen molar-refractivity contribution in [2.45, 2.75) is 53.1 Å². The van der Waals surface area contributed by atoms with E-state index in [9.17, 15) is 10.2 Å². The van der Waals surface area contributed by atoms with Crippen LogP contribution in [0.2, 0.25) is 0 Å². The van der Waals surface area contributed by atoms with Gasteiger partial charge in [0.1, 0.15) is 0 Å². The fourth-order valence-corrected chi connectivity index (χ4v) is 2.47. The predicted molar refractivity (Wildman–Crippen MR) is 63.8 cm³/mol. The summed E-state index contributed by atoms with van der Waals surface area (Å²) in [4.78, 5) is 0. The predicted octanol–water partition coefficient (Wildman–Crippen LogP) is 1.94. The zero-order valence-corrected chi connectivity index (χ0v) is 10.8. The Morgan fingerprint density at radius 1 is 1.31 bits per heavy atom. The lowest BCUT2D eigenvalue weighted by molar-refractivity contribution is -0.283. The van der Waals surface area contributed by atoms with Crippen LogP contribution in [0.15, 0.2) is 12.2 Å². The van der Waals surface area contributed by atoms with Crippen LogP contribution < -0.4 is 0 Å². The van der Waals surface area contributed by atoms with Gasteiger partial charge in [-0.25, -0.2) is 0 Å². The van der Waals surface area contributed by atoms with Crippen molar-refractivity contribution in [3.8, 4) is 0 Å². The second kappa shape index (κ2) is 4.86. The summed E-state index contributed by atoms with van der Waals surface area (Å²) in [6.07, 6.45) is 2.43. The number of hydrogen-bond acceptors (Lipinski definition) is 3. The van der Waals surface area contributed by atoms with Crippen LogP contribution in [0.3, 0.4) is 0 Å². The number of aliphatic hydroxyl groups is 2. The number of aliphatic hydroxyl groups excluding tert-OH is 2. The van der Waals surface area contributed by atoms with Gasteiger partial charge < -0.3 is 14.9 Å². The van der Waals surface area contributed by atoms with Gasteiger partial charge in [0.05, 0.1) is 12.2 Å². The Bertz CT molecular complexity index is 260. The topological polar surface area (TPSA) is 49.7 Å². The number of rotatable bonds is 2. The zero-order chi connectivity index (χ0) is 12.5. The summed E-state index contributed by atoms with van der Waals surface area (Å²) in [5.41, 5.74) is -0.606. The van der Waals surface area contributed by atoms with Gasteiger partial charge in [0.15, 0.2) is 6.29 Å². The van der Waals surface area contributed by atoms with Crippen LogP contribution in [0.1, 0.15) is 34.6 Å². The normalized spacial score (nSPS) is 41.2. The van der Waals surface area contributed by atoms with E-state index < -0.39 is 17.8 Å². The molecule has 0 aromatic rings. The largest absolute Gasteiger partial charge is 0.392 e. The molecule has 3 heteroatoms. The van der Waals surface area contributed by atoms with E-state index in [1.807, 2.05) is 46.8 Å². The van der Waals surface area contributed by atoms with Gasteiger partial charge in [0.2, 0.25) is 0 Å². The molecule has 0 amide bonds. The van der Waals surface area contributed by atoms with Crippen molar-refractivity contribution in [3.05, 3.63) is 12.2 Å². The van der Waals surface area contributed by atoms with Crippen LogP contribution >= 0.6 is 0 Å². The Labute approximate surface area is 98.1 Å². The first kappa shape index (κ1) is 13.7. The SMILES string of the molecule is C/C=C/[C@H](C)[C@@H]1OC(O)C(C)(C)C(O)[C@@H]1C. The van der Waals surface area contributed by atoms with Crippen molar-refractivity contribution in [1.29, 1.82) is 0 Å². The molecular weight excluding hydrogens is 204 g/mol. The number of allylic oxidation sites excluding steroid dienone is 1. The van der Waals surface area contributed by atoms with E-state index in [1.54, 1.807) is 0 Å². The standard InChI is InChI=1S/C13H24O3/c1-6-7-8(2)10-9(3)11(14)13(4,5)12(15)16-10/h6-12,14-15H,1-5H3/b7-6+/t8-,9+,10-,11?,12?/m0/s1. The average Bonchev–Trinajstić information content (AvgIpc) is 2.21. The summed E-state index contributed by atoms with van der Waals surface area (Å²) in [5, 5.41) is 20.1. The van der Waals surface area contributed by atoms with Crippen molar-refractivity contribution in [2.75, 3.05) is 0 Å². The molecule has 16 heavy (non-hydrogen) atoms. The first-order valence-corrected chi connectivity index (χ1v) is 5.96. The molecule has 0 saturated carbocycles. The molecule has 94 valence electrons. The van der Waals surface area contributed by atoms with Gasteiger partial charge >= 0.3 is 0 Å². The highest BCUT2D eigenvalue weighted by atomic mass is 16.6. The van der Waals surface area contributed by atoms with Crippen molar-refractivity contribution >= 4 is 0 Å². The molecule has 0 radical (unpaired) electrons. The molecule has 2 unspecified atom stereocenters. The van der Waals surface area contributed by atoms with Gasteiger partial charge in [-0.05, 0) is 6.92 Å². The van der Waals surface area contributed by atoms with E-state index in [0.717, 1.165) is 0 Å². The molecule has 5 atom stereocenters. The molecule has 1 heterocycles. The van der Waals surface area contributed by atoms with Crippen molar-refractivity contribution < 1.29 is 14.9 Å². The molecule has 0 bridgehead atoms. The summed E-state index contributed by atoms with van der Waals surface area (Å²) in [5.74, 6) is 0.213. The van der Waals surface area contributed by atoms with Crippen LogP contribution in [0.25, 0.3) is 0 Å². The van der Waals surface area contributed by atoms with Gasteiger partial charge in [-0.1, -0.05) is 39.8 Å². The van der Waals surface area contributed by atoms with E-state index in [4.69, 9.17) is 4.74 Å². The molecule has 1 aliphatic rings. The van der Waals surface area contributed by atoms with E-state index in [1.165, 1.54) is 0 Å². The van der Waals surface area contributed by atoms with Gasteiger partial charge in [-0.15, -0.1) is 0 Å². The number of hydrogen-bond donors (Lipinski definition) is 2. The van der Waals surface area contributed by atoms with E-state index in [2.05, 4.69) is 0 Å². The Morgan fingerprint density at radius 2 is 1.88 bits per heavy atom. The Kier molecular flexibility index (Phi) is 4.16. The minimum atomic E-state index is -0.906. The van der Waals surface area contributed by atoms with E-state index >= 15 is 0 Å². The maximum absolute atomic E-state index is 10.2. The van der Waals surface area contributed by atoms with Crippen LogP contribution in [0, 0.1) is 17.3 Å². The quantitative estimate of drug-likeness (QED) is 0.710.